The number of methoxy groups -OCH3 is 1. The maximum Gasteiger partial charge on any atom is 0.0462 e. The van der Waals surface area contributed by atoms with Gasteiger partial charge in [-0.05, 0) is 43.9 Å². The van der Waals surface area contributed by atoms with Crippen molar-refractivity contribution in [2.45, 2.75) is 44.7 Å². The van der Waals surface area contributed by atoms with E-state index in [0.29, 0.717) is 0 Å². The van der Waals surface area contributed by atoms with Crippen molar-refractivity contribution in [2.24, 2.45) is 0 Å². The van der Waals surface area contributed by atoms with E-state index in [2.05, 4.69) is 16.0 Å². The predicted octanol–water partition coefficient (Wildman–Crippen LogP) is 2.86. The monoisotopic (exact) mass is 248 g/mol. The molecule has 2 heterocycles. The van der Waals surface area contributed by atoms with Gasteiger partial charge in [0.2, 0.25) is 0 Å². The van der Waals surface area contributed by atoms with Gasteiger partial charge in [0.05, 0.1) is 0 Å². The van der Waals surface area contributed by atoms with Crippen LogP contribution < -0.4 is 0 Å². The molecular formula is C15H24N2O. The Kier molecular flexibility index (Phi) is 5.62. The van der Waals surface area contributed by atoms with Gasteiger partial charge in [-0.1, -0.05) is 12.5 Å². The number of piperidine rings is 1. The summed E-state index contributed by atoms with van der Waals surface area (Å²) in [6.07, 6.45) is 10.3. The highest BCUT2D eigenvalue weighted by atomic mass is 16.5. The van der Waals surface area contributed by atoms with E-state index in [1.54, 1.807) is 7.11 Å². The van der Waals surface area contributed by atoms with Gasteiger partial charge < -0.3 is 4.74 Å². The molecule has 1 aliphatic rings. The molecule has 0 amide bonds. The summed E-state index contributed by atoms with van der Waals surface area (Å²) in [5.74, 6) is 0. The summed E-state index contributed by atoms with van der Waals surface area (Å²) in [6, 6.07) is 4.93. The first kappa shape index (κ1) is 13.5. The average Bonchev–Trinajstić information content (AvgIpc) is 2.42. The Morgan fingerprint density at radius 1 is 1.44 bits per heavy atom. The first-order valence-electron chi connectivity index (χ1n) is 7.02. The van der Waals surface area contributed by atoms with Gasteiger partial charge >= 0.3 is 0 Å². The Morgan fingerprint density at radius 3 is 3.17 bits per heavy atom. The Bertz CT molecular complexity index is 329. The van der Waals surface area contributed by atoms with E-state index in [4.69, 9.17) is 4.74 Å². The van der Waals surface area contributed by atoms with Crippen molar-refractivity contribution in [3.63, 3.8) is 0 Å². The normalized spacial score (nSPS) is 21.1. The van der Waals surface area contributed by atoms with Gasteiger partial charge in [0.15, 0.2) is 0 Å². The van der Waals surface area contributed by atoms with Crippen LogP contribution in [0.15, 0.2) is 24.5 Å². The molecule has 0 radical (unpaired) electrons. The molecule has 1 aliphatic heterocycles. The van der Waals surface area contributed by atoms with Crippen molar-refractivity contribution in [1.82, 2.24) is 9.88 Å². The van der Waals surface area contributed by atoms with Crippen LogP contribution in [0.4, 0.5) is 0 Å². The average molecular weight is 248 g/mol. The molecule has 0 spiro atoms. The number of pyridine rings is 1. The van der Waals surface area contributed by atoms with Crippen molar-refractivity contribution in [3.8, 4) is 0 Å². The van der Waals surface area contributed by atoms with Gasteiger partial charge in [-0.3, -0.25) is 9.88 Å². The van der Waals surface area contributed by atoms with Crippen molar-refractivity contribution in [2.75, 3.05) is 20.3 Å². The molecule has 0 bridgehead atoms. The fraction of sp³-hybridized carbons (Fsp3) is 0.667. The molecule has 18 heavy (non-hydrogen) atoms. The lowest BCUT2D eigenvalue weighted by molar-refractivity contribution is 0.116. The molecule has 2 rings (SSSR count). The van der Waals surface area contributed by atoms with Crippen LogP contribution in [0, 0.1) is 0 Å². The molecule has 1 aromatic heterocycles. The smallest absolute Gasteiger partial charge is 0.0462 e. The Morgan fingerprint density at radius 2 is 2.39 bits per heavy atom. The minimum Gasteiger partial charge on any atom is -0.385 e. The number of hydrogen-bond donors (Lipinski definition) is 0. The molecule has 0 unspecified atom stereocenters. The highest BCUT2D eigenvalue weighted by Gasteiger charge is 2.21. The van der Waals surface area contributed by atoms with Crippen molar-refractivity contribution >= 4 is 0 Å². The molecule has 3 heteroatoms. The first-order valence-corrected chi connectivity index (χ1v) is 7.02. The summed E-state index contributed by atoms with van der Waals surface area (Å²) in [6.45, 7) is 3.16. The zero-order chi connectivity index (χ0) is 12.6. The van der Waals surface area contributed by atoms with Crippen LogP contribution in [0.5, 0.6) is 0 Å². The second-order valence-corrected chi connectivity index (χ2v) is 5.12. The molecule has 1 saturated heterocycles. The van der Waals surface area contributed by atoms with Gasteiger partial charge in [0.25, 0.3) is 0 Å². The summed E-state index contributed by atoms with van der Waals surface area (Å²) in [5, 5.41) is 0. The molecular weight excluding hydrogens is 224 g/mol. The zero-order valence-electron chi connectivity index (χ0n) is 11.3. The lowest BCUT2D eigenvalue weighted by Gasteiger charge is -2.35. The van der Waals surface area contributed by atoms with E-state index in [-0.39, 0.29) is 0 Å². The molecule has 1 atom stereocenters. The summed E-state index contributed by atoms with van der Waals surface area (Å²) in [4.78, 5) is 6.83. The van der Waals surface area contributed by atoms with E-state index >= 15 is 0 Å². The molecule has 1 aromatic rings. The number of ether oxygens (including phenoxy) is 1. The third kappa shape index (κ3) is 4.07. The van der Waals surface area contributed by atoms with Crippen LogP contribution in [0.25, 0.3) is 0 Å². The molecule has 0 N–H and O–H groups in total. The lowest BCUT2D eigenvalue weighted by Crippen LogP contribution is -2.39. The van der Waals surface area contributed by atoms with Gasteiger partial charge in [0.1, 0.15) is 0 Å². The number of aromatic nitrogens is 1. The fourth-order valence-electron chi connectivity index (χ4n) is 2.78. The van der Waals surface area contributed by atoms with Crippen molar-refractivity contribution < 1.29 is 4.74 Å². The molecule has 3 nitrogen and oxygen atoms in total. The van der Waals surface area contributed by atoms with E-state index in [0.717, 1.165) is 19.2 Å². The van der Waals surface area contributed by atoms with Crippen LogP contribution in [-0.4, -0.2) is 36.2 Å². The third-order valence-corrected chi connectivity index (χ3v) is 3.74. The molecule has 100 valence electrons. The quantitative estimate of drug-likeness (QED) is 0.724. The molecule has 0 aliphatic carbocycles. The van der Waals surface area contributed by atoms with Crippen LogP contribution in [0.3, 0.4) is 0 Å². The van der Waals surface area contributed by atoms with Gasteiger partial charge in [-0.25, -0.2) is 0 Å². The van der Waals surface area contributed by atoms with Crippen LogP contribution in [0.1, 0.15) is 37.7 Å². The Balaban J connectivity index is 1.87. The standard InChI is InChI=1S/C15H24N2O/c1-18-11-5-8-15-7-2-3-10-17(15)13-14-6-4-9-16-12-14/h4,6,9,12,15H,2-3,5,7-8,10-11,13H2,1H3/t15-/m1/s1. The van der Waals surface area contributed by atoms with E-state index < -0.39 is 0 Å². The Hall–Kier alpha value is -0.930. The molecule has 1 fully saturated rings. The molecule has 0 aromatic carbocycles. The predicted molar refractivity (Wildman–Crippen MR) is 73.4 cm³/mol. The number of hydrogen-bond acceptors (Lipinski definition) is 3. The summed E-state index contributed by atoms with van der Waals surface area (Å²) >= 11 is 0. The SMILES string of the molecule is COCCC[C@H]1CCCCN1Cc1cccnc1. The van der Waals surface area contributed by atoms with Crippen molar-refractivity contribution in [3.05, 3.63) is 30.1 Å². The van der Waals surface area contributed by atoms with E-state index in [1.165, 1.54) is 44.2 Å². The van der Waals surface area contributed by atoms with Gasteiger partial charge in [-0.2, -0.15) is 0 Å². The summed E-state index contributed by atoms with van der Waals surface area (Å²) < 4.78 is 5.16. The number of rotatable bonds is 6. The van der Waals surface area contributed by atoms with Crippen LogP contribution >= 0.6 is 0 Å². The van der Waals surface area contributed by atoms with Gasteiger partial charge in [-0.15, -0.1) is 0 Å². The highest BCUT2D eigenvalue weighted by molar-refractivity contribution is 5.08. The van der Waals surface area contributed by atoms with E-state index in [1.807, 2.05) is 18.5 Å². The summed E-state index contributed by atoms with van der Waals surface area (Å²) in [5.41, 5.74) is 1.33. The fourth-order valence-corrected chi connectivity index (χ4v) is 2.78. The maximum absolute atomic E-state index is 5.16. The van der Waals surface area contributed by atoms with E-state index in [9.17, 15) is 0 Å². The largest absolute Gasteiger partial charge is 0.385 e. The zero-order valence-corrected chi connectivity index (χ0v) is 11.3. The number of likely N-dealkylation sites (tertiary alicyclic amines) is 1. The second-order valence-electron chi connectivity index (χ2n) is 5.12. The van der Waals surface area contributed by atoms with Crippen molar-refractivity contribution in [1.29, 1.82) is 0 Å². The minimum atomic E-state index is 0.731. The highest BCUT2D eigenvalue weighted by Crippen LogP contribution is 2.22. The van der Waals surface area contributed by atoms with Gasteiger partial charge in [0, 0.05) is 38.7 Å². The maximum atomic E-state index is 5.16. The minimum absolute atomic E-state index is 0.731. The van der Waals surface area contributed by atoms with Crippen LogP contribution in [-0.2, 0) is 11.3 Å². The van der Waals surface area contributed by atoms with Crippen LogP contribution in [0.2, 0.25) is 0 Å². The third-order valence-electron chi connectivity index (χ3n) is 3.74. The Labute approximate surface area is 110 Å². The topological polar surface area (TPSA) is 25.4 Å². The lowest BCUT2D eigenvalue weighted by atomic mass is 9.97. The first-order chi connectivity index (χ1) is 8.90. The summed E-state index contributed by atoms with van der Waals surface area (Å²) in [7, 11) is 1.79. The number of nitrogens with zero attached hydrogens (tertiary/aromatic N) is 2. The molecule has 0 saturated carbocycles. The second kappa shape index (κ2) is 7.49.